The zero-order chi connectivity index (χ0) is 26.5. The molecule has 190 valence electrons. The van der Waals surface area contributed by atoms with Gasteiger partial charge in [-0.2, -0.15) is 0 Å². The Balaban J connectivity index is 1.31. The molecule has 38 heavy (non-hydrogen) atoms. The molecule has 0 aliphatic heterocycles. The van der Waals surface area contributed by atoms with E-state index in [9.17, 15) is 4.79 Å². The lowest BCUT2D eigenvalue weighted by atomic mass is 9.70. The molecule has 0 spiro atoms. The second-order valence-corrected chi connectivity index (χ2v) is 11.0. The Morgan fingerprint density at radius 2 is 1.47 bits per heavy atom. The van der Waals surface area contributed by atoms with Gasteiger partial charge in [-0.15, -0.1) is 11.3 Å². The third-order valence-electron chi connectivity index (χ3n) is 6.98. The second-order valence-electron chi connectivity index (χ2n) is 10.2. The minimum Gasteiger partial charge on any atom is -0.301 e. The van der Waals surface area contributed by atoms with E-state index in [0.29, 0.717) is 11.6 Å². The number of nitrogens with one attached hydrogen (secondary N) is 1. The molecule has 0 aliphatic carbocycles. The van der Waals surface area contributed by atoms with Crippen LogP contribution in [0.25, 0.3) is 11.1 Å². The second kappa shape index (κ2) is 11.1. The number of pyridine rings is 1. The summed E-state index contributed by atoms with van der Waals surface area (Å²) in [5.74, 6) is -0.142. The van der Waals surface area contributed by atoms with Crippen LogP contribution in [0.3, 0.4) is 0 Å². The van der Waals surface area contributed by atoms with E-state index in [0.717, 1.165) is 27.9 Å². The molecule has 1 unspecified atom stereocenters. The fraction of sp³-hybridized carbons (Fsp3) is 0.182. The van der Waals surface area contributed by atoms with E-state index in [2.05, 4.69) is 77.9 Å². The number of carbonyl (C=O) groups is 1. The van der Waals surface area contributed by atoms with Gasteiger partial charge in [-0.3, -0.25) is 9.78 Å². The predicted octanol–water partition coefficient (Wildman–Crippen LogP) is 7.90. The van der Waals surface area contributed by atoms with E-state index in [1.165, 1.54) is 22.5 Å². The average molecular weight is 518 g/mol. The Bertz CT molecular complexity index is 1490. The molecule has 1 N–H and O–H groups in total. The summed E-state index contributed by atoms with van der Waals surface area (Å²) >= 11 is 1.47. The van der Waals surface area contributed by atoms with Crippen molar-refractivity contribution in [2.45, 2.75) is 33.1 Å². The number of aryl methyl sites for hydroxylation is 1. The first-order valence-electron chi connectivity index (χ1n) is 12.8. The molecule has 0 bridgehead atoms. The molecular formula is C33H31N3OS. The highest BCUT2D eigenvalue weighted by Crippen LogP contribution is 2.42. The number of hydrogen-bond donors (Lipinski definition) is 1. The van der Waals surface area contributed by atoms with Crippen LogP contribution in [-0.4, -0.2) is 15.9 Å². The molecule has 2 aromatic heterocycles. The van der Waals surface area contributed by atoms with Crippen LogP contribution in [0.4, 0.5) is 5.13 Å². The first-order chi connectivity index (χ1) is 18.4. The number of thiazole rings is 1. The van der Waals surface area contributed by atoms with Gasteiger partial charge in [-0.25, -0.2) is 4.98 Å². The van der Waals surface area contributed by atoms with Crippen molar-refractivity contribution >= 4 is 22.4 Å². The maximum Gasteiger partial charge on any atom is 0.232 e. The minimum atomic E-state index is -0.703. The van der Waals surface area contributed by atoms with Crippen molar-refractivity contribution in [3.8, 4) is 11.1 Å². The summed E-state index contributed by atoms with van der Waals surface area (Å²) in [6, 6.07) is 31.2. The lowest BCUT2D eigenvalue weighted by molar-refractivity contribution is -0.124. The molecule has 1 amide bonds. The van der Waals surface area contributed by atoms with E-state index in [1.807, 2.05) is 49.6 Å². The number of carbonyl (C=O) groups excluding carboxylic acids is 1. The lowest BCUT2D eigenvalue weighted by Gasteiger charge is -2.34. The van der Waals surface area contributed by atoms with Crippen molar-refractivity contribution < 1.29 is 4.79 Å². The molecule has 0 radical (unpaired) electrons. The number of benzene rings is 3. The van der Waals surface area contributed by atoms with Crippen molar-refractivity contribution in [3.63, 3.8) is 0 Å². The predicted molar refractivity (Wildman–Crippen MR) is 156 cm³/mol. The van der Waals surface area contributed by atoms with Crippen LogP contribution in [0.15, 0.2) is 109 Å². The summed E-state index contributed by atoms with van der Waals surface area (Å²) in [5, 5.41) is 5.76. The summed E-state index contributed by atoms with van der Waals surface area (Å²) in [4.78, 5) is 22.5. The van der Waals surface area contributed by atoms with Gasteiger partial charge in [0.15, 0.2) is 5.13 Å². The summed E-state index contributed by atoms with van der Waals surface area (Å²) in [6.45, 7) is 6.10. The van der Waals surface area contributed by atoms with Crippen LogP contribution >= 0.6 is 11.3 Å². The van der Waals surface area contributed by atoms with E-state index in [1.54, 1.807) is 12.4 Å². The van der Waals surface area contributed by atoms with Gasteiger partial charge < -0.3 is 5.32 Å². The number of amides is 1. The number of aromatic nitrogens is 2. The van der Waals surface area contributed by atoms with E-state index < -0.39 is 5.41 Å². The largest absolute Gasteiger partial charge is 0.301 e. The molecule has 5 aromatic rings. The Morgan fingerprint density at radius 1 is 0.842 bits per heavy atom. The Hall–Kier alpha value is -4.09. The van der Waals surface area contributed by atoms with Gasteiger partial charge in [0.05, 0.1) is 11.1 Å². The topological polar surface area (TPSA) is 54.9 Å². The molecule has 5 rings (SSSR count). The number of hydrogen-bond acceptors (Lipinski definition) is 4. The fourth-order valence-electron chi connectivity index (χ4n) is 4.83. The summed E-state index contributed by atoms with van der Waals surface area (Å²) in [6.07, 6.45) is 4.32. The number of anilines is 1. The normalized spacial score (nSPS) is 12.2. The fourth-order valence-corrected chi connectivity index (χ4v) is 5.54. The highest BCUT2D eigenvalue weighted by atomic mass is 32.1. The van der Waals surface area contributed by atoms with Crippen molar-refractivity contribution in [2.24, 2.45) is 5.41 Å². The Labute approximate surface area is 228 Å². The Kier molecular flexibility index (Phi) is 7.47. The molecule has 3 aromatic carbocycles. The molecule has 0 saturated carbocycles. The lowest BCUT2D eigenvalue weighted by Crippen LogP contribution is -2.37. The van der Waals surface area contributed by atoms with Gasteiger partial charge in [0.1, 0.15) is 0 Å². The molecule has 0 saturated heterocycles. The average Bonchev–Trinajstić information content (AvgIpc) is 3.38. The van der Waals surface area contributed by atoms with Crippen molar-refractivity contribution in [3.05, 3.63) is 137 Å². The maximum absolute atomic E-state index is 13.7. The van der Waals surface area contributed by atoms with Crippen LogP contribution < -0.4 is 5.32 Å². The maximum atomic E-state index is 13.7. The zero-order valence-electron chi connectivity index (χ0n) is 21.9. The van der Waals surface area contributed by atoms with Gasteiger partial charge in [-0.1, -0.05) is 98.3 Å². The molecule has 5 heteroatoms. The third-order valence-corrected chi connectivity index (χ3v) is 7.78. The molecule has 1 atom stereocenters. The SMILES string of the molecule is Cc1ccc(C(c2ccccc2)C(C)(C)C(=O)Nc2nc(Cc3ccc(-c4ccncc4)cc3)cs2)cc1. The first-order valence-corrected chi connectivity index (χ1v) is 13.6. The van der Waals surface area contributed by atoms with Crippen LogP contribution in [0.2, 0.25) is 0 Å². The van der Waals surface area contributed by atoms with Gasteiger partial charge in [-0.05, 0) is 46.9 Å². The van der Waals surface area contributed by atoms with Crippen molar-refractivity contribution in [1.29, 1.82) is 0 Å². The minimum absolute atomic E-state index is 0.0467. The highest BCUT2D eigenvalue weighted by molar-refractivity contribution is 7.13. The van der Waals surface area contributed by atoms with Gasteiger partial charge in [0, 0.05) is 30.1 Å². The summed E-state index contributed by atoms with van der Waals surface area (Å²) < 4.78 is 0. The van der Waals surface area contributed by atoms with Crippen molar-refractivity contribution in [2.75, 3.05) is 5.32 Å². The molecule has 4 nitrogen and oxygen atoms in total. The van der Waals surface area contributed by atoms with Gasteiger partial charge in [0.25, 0.3) is 0 Å². The standard InChI is InChI=1S/C33H31N3OS/c1-23-9-13-28(14-10-23)30(27-7-5-4-6-8-27)33(2,3)31(37)36-32-35-29(22-38-32)21-24-11-15-25(16-12-24)26-17-19-34-20-18-26/h4-20,22,30H,21H2,1-3H3,(H,35,36,37). The van der Waals surface area contributed by atoms with Crippen LogP contribution in [-0.2, 0) is 11.2 Å². The van der Waals surface area contributed by atoms with E-state index in [4.69, 9.17) is 4.98 Å². The smallest absolute Gasteiger partial charge is 0.232 e. The van der Waals surface area contributed by atoms with Gasteiger partial charge in [0.2, 0.25) is 5.91 Å². The highest BCUT2D eigenvalue weighted by Gasteiger charge is 2.39. The van der Waals surface area contributed by atoms with Crippen LogP contribution in [0.5, 0.6) is 0 Å². The first kappa shape index (κ1) is 25.6. The summed E-state index contributed by atoms with van der Waals surface area (Å²) in [5.41, 5.74) is 7.16. The van der Waals surface area contributed by atoms with Crippen LogP contribution in [0.1, 0.15) is 47.7 Å². The molecule has 0 aliphatic rings. The quantitative estimate of drug-likeness (QED) is 0.228. The van der Waals surface area contributed by atoms with E-state index in [-0.39, 0.29) is 11.8 Å². The molecule has 2 heterocycles. The molecular weight excluding hydrogens is 486 g/mol. The zero-order valence-corrected chi connectivity index (χ0v) is 22.7. The van der Waals surface area contributed by atoms with Gasteiger partial charge >= 0.3 is 0 Å². The Morgan fingerprint density at radius 3 is 2.16 bits per heavy atom. The number of rotatable bonds is 8. The van der Waals surface area contributed by atoms with Crippen molar-refractivity contribution in [1.82, 2.24) is 9.97 Å². The number of nitrogens with zero attached hydrogens (tertiary/aromatic N) is 2. The van der Waals surface area contributed by atoms with E-state index >= 15 is 0 Å². The third kappa shape index (κ3) is 5.74. The molecule has 0 fully saturated rings. The summed E-state index contributed by atoms with van der Waals surface area (Å²) in [7, 11) is 0. The van der Waals surface area contributed by atoms with Crippen LogP contribution in [0, 0.1) is 12.3 Å². The monoisotopic (exact) mass is 517 g/mol.